The van der Waals surface area contributed by atoms with Crippen LogP contribution >= 0.6 is 24.0 Å². The van der Waals surface area contributed by atoms with Gasteiger partial charge in [-0.1, -0.05) is 18.2 Å². The molecule has 0 radical (unpaired) electrons. The summed E-state index contributed by atoms with van der Waals surface area (Å²) in [5.74, 6) is 1.89. The molecule has 0 amide bonds. The monoisotopic (exact) mass is 470 g/mol. The third kappa shape index (κ3) is 4.32. The van der Waals surface area contributed by atoms with Gasteiger partial charge in [-0.05, 0) is 18.6 Å². The van der Waals surface area contributed by atoms with Crippen LogP contribution in [0.25, 0.3) is 11.0 Å². The summed E-state index contributed by atoms with van der Waals surface area (Å²) in [7, 11) is 1.85. The number of fused-ring (bicyclic) bond motifs is 1. The standard InChI is InChI=1S/C19H26N4O2.HI/c1-20-19(21-13-17-12-15-4-2-3-5-18(15)25-17)23-7-6-16(14-23)22-8-10-24-11-9-22;/h2-5,12,16H,6-11,13-14H2,1H3,(H,20,21);1H. The van der Waals surface area contributed by atoms with Crippen LogP contribution in [0.2, 0.25) is 0 Å². The van der Waals surface area contributed by atoms with Crippen molar-refractivity contribution in [1.82, 2.24) is 15.1 Å². The third-order valence-corrected chi connectivity index (χ3v) is 5.13. The zero-order valence-corrected chi connectivity index (χ0v) is 17.5. The van der Waals surface area contributed by atoms with Gasteiger partial charge in [0.05, 0.1) is 19.8 Å². The van der Waals surface area contributed by atoms with Crippen molar-refractivity contribution >= 4 is 40.9 Å². The van der Waals surface area contributed by atoms with E-state index in [4.69, 9.17) is 9.15 Å². The Hall–Kier alpha value is -1.32. The van der Waals surface area contributed by atoms with Crippen molar-refractivity contribution in [1.29, 1.82) is 0 Å². The number of halogens is 1. The van der Waals surface area contributed by atoms with Gasteiger partial charge in [0.25, 0.3) is 0 Å². The number of benzene rings is 1. The maximum atomic E-state index is 5.88. The molecular formula is C19H27IN4O2. The second kappa shape index (κ2) is 9.05. The molecule has 1 N–H and O–H groups in total. The zero-order chi connectivity index (χ0) is 17.1. The molecule has 2 fully saturated rings. The first-order chi connectivity index (χ1) is 12.3. The molecule has 2 aliphatic rings. The van der Waals surface area contributed by atoms with E-state index in [-0.39, 0.29) is 24.0 Å². The first kappa shape index (κ1) is 19.4. The Labute approximate surface area is 171 Å². The van der Waals surface area contributed by atoms with E-state index in [1.165, 1.54) is 6.42 Å². The number of nitrogens with zero attached hydrogens (tertiary/aromatic N) is 3. The van der Waals surface area contributed by atoms with Gasteiger partial charge in [0.2, 0.25) is 0 Å². The van der Waals surface area contributed by atoms with Gasteiger partial charge in [-0.3, -0.25) is 9.89 Å². The lowest BCUT2D eigenvalue weighted by Crippen LogP contribution is -2.46. The average Bonchev–Trinajstić information content (AvgIpc) is 3.30. The van der Waals surface area contributed by atoms with Gasteiger partial charge in [0.15, 0.2) is 5.96 Å². The summed E-state index contributed by atoms with van der Waals surface area (Å²) in [5, 5.41) is 4.59. The number of furan rings is 1. The molecule has 2 aromatic rings. The lowest BCUT2D eigenvalue weighted by Gasteiger charge is -2.32. The van der Waals surface area contributed by atoms with Crippen molar-refractivity contribution in [3.8, 4) is 0 Å². The molecule has 0 saturated carbocycles. The summed E-state index contributed by atoms with van der Waals surface area (Å²) in [5.41, 5.74) is 0.933. The molecule has 2 saturated heterocycles. The normalized spacial score (nSPS) is 21.8. The third-order valence-electron chi connectivity index (χ3n) is 5.13. The second-order valence-corrected chi connectivity index (χ2v) is 6.69. The van der Waals surface area contributed by atoms with Crippen LogP contribution in [0.1, 0.15) is 12.2 Å². The number of likely N-dealkylation sites (tertiary alicyclic amines) is 1. The molecular weight excluding hydrogens is 443 g/mol. The van der Waals surface area contributed by atoms with Gasteiger partial charge in [-0.2, -0.15) is 0 Å². The lowest BCUT2D eigenvalue weighted by atomic mass is 10.2. The van der Waals surface area contributed by atoms with E-state index in [9.17, 15) is 0 Å². The number of hydrogen-bond acceptors (Lipinski definition) is 4. The molecule has 1 aromatic carbocycles. The number of ether oxygens (including phenoxy) is 1. The SMILES string of the molecule is CN=C(NCc1cc2ccccc2o1)N1CCC(N2CCOCC2)C1.I. The van der Waals surface area contributed by atoms with E-state index in [1.807, 2.05) is 25.2 Å². The molecule has 1 unspecified atom stereocenters. The fourth-order valence-electron chi connectivity index (χ4n) is 3.80. The summed E-state index contributed by atoms with van der Waals surface area (Å²) < 4.78 is 11.3. The summed E-state index contributed by atoms with van der Waals surface area (Å²) in [6, 6.07) is 10.8. The molecule has 0 bridgehead atoms. The number of guanidine groups is 1. The molecule has 26 heavy (non-hydrogen) atoms. The molecule has 0 spiro atoms. The van der Waals surface area contributed by atoms with Crippen molar-refractivity contribution in [2.75, 3.05) is 46.4 Å². The maximum Gasteiger partial charge on any atom is 0.194 e. The molecule has 142 valence electrons. The van der Waals surface area contributed by atoms with Crippen molar-refractivity contribution in [2.45, 2.75) is 19.0 Å². The Bertz CT molecular complexity index is 709. The van der Waals surface area contributed by atoms with E-state index >= 15 is 0 Å². The fourth-order valence-corrected chi connectivity index (χ4v) is 3.80. The molecule has 3 heterocycles. The molecule has 2 aliphatic heterocycles. The van der Waals surface area contributed by atoms with Crippen LogP contribution in [0, 0.1) is 0 Å². The summed E-state index contributed by atoms with van der Waals surface area (Å²) in [4.78, 5) is 9.37. The van der Waals surface area contributed by atoms with Gasteiger partial charge in [-0.15, -0.1) is 24.0 Å². The Morgan fingerprint density at radius 3 is 2.81 bits per heavy atom. The highest BCUT2D eigenvalue weighted by Crippen LogP contribution is 2.19. The highest BCUT2D eigenvalue weighted by atomic mass is 127. The van der Waals surface area contributed by atoms with Crippen molar-refractivity contribution in [3.05, 3.63) is 36.1 Å². The van der Waals surface area contributed by atoms with Gasteiger partial charge in [-0.25, -0.2) is 0 Å². The predicted octanol–water partition coefficient (Wildman–Crippen LogP) is 2.53. The van der Waals surface area contributed by atoms with Crippen molar-refractivity contribution in [3.63, 3.8) is 0 Å². The molecule has 0 aliphatic carbocycles. The Balaban J connectivity index is 0.00000196. The Morgan fingerprint density at radius 1 is 1.23 bits per heavy atom. The second-order valence-electron chi connectivity index (χ2n) is 6.69. The topological polar surface area (TPSA) is 53.2 Å². The summed E-state index contributed by atoms with van der Waals surface area (Å²) >= 11 is 0. The maximum absolute atomic E-state index is 5.88. The van der Waals surface area contributed by atoms with E-state index in [2.05, 4.69) is 32.2 Å². The number of hydrogen-bond donors (Lipinski definition) is 1. The van der Waals surface area contributed by atoms with E-state index in [0.717, 1.165) is 62.1 Å². The number of rotatable bonds is 3. The highest BCUT2D eigenvalue weighted by molar-refractivity contribution is 14.0. The number of aliphatic imine (C=N–C) groups is 1. The highest BCUT2D eigenvalue weighted by Gasteiger charge is 2.30. The van der Waals surface area contributed by atoms with Crippen LogP contribution in [0.5, 0.6) is 0 Å². The molecule has 1 atom stereocenters. The van der Waals surface area contributed by atoms with Gasteiger partial charge in [0.1, 0.15) is 11.3 Å². The van der Waals surface area contributed by atoms with Crippen LogP contribution in [-0.4, -0.2) is 68.2 Å². The van der Waals surface area contributed by atoms with Gasteiger partial charge >= 0.3 is 0 Å². The minimum atomic E-state index is 0. The average molecular weight is 470 g/mol. The minimum Gasteiger partial charge on any atom is -0.459 e. The lowest BCUT2D eigenvalue weighted by molar-refractivity contribution is 0.0195. The van der Waals surface area contributed by atoms with E-state index in [0.29, 0.717) is 12.6 Å². The van der Waals surface area contributed by atoms with Crippen LogP contribution in [0.3, 0.4) is 0 Å². The van der Waals surface area contributed by atoms with Crippen LogP contribution < -0.4 is 5.32 Å². The Kier molecular flexibility index (Phi) is 6.77. The predicted molar refractivity (Wildman–Crippen MR) is 114 cm³/mol. The number of para-hydroxylation sites is 1. The zero-order valence-electron chi connectivity index (χ0n) is 15.2. The molecule has 1 aromatic heterocycles. The van der Waals surface area contributed by atoms with Crippen LogP contribution in [0.4, 0.5) is 0 Å². The quantitative estimate of drug-likeness (QED) is 0.425. The molecule has 6 nitrogen and oxygen atoms in total. The smallest absolute Gasteiger partial charge is 0.194 e. The minimum absolute atomic E-state index is 0. The molecule has 4 rings (SSSR count). The number of morpholine rings is 1. The van der Waals surface area contributed by atoms with E-state index in [1.54, 1.807) is 0 Å². The van der Waals surface area contributed by atoms with Gasteiger partial charge in [0, 0.05) is 44.7 Å². The summed E-state index contributed by atoms with van der Waals surface area (Å²) in [6.07, 6.45) is 1.19. The first-order valence-electron chi connectivity index (χ1n) is 9.08. The largest absolute Gasteiger partial charge is 0.459 e. The van der Waals surface area contributed by atoms with Crippen molar-refractivity contribution < 1.29 is 9.15 Å². The molecule has 7 heteroatoms. The van der Waals surface area contributed by atoms with Gasteiger partial charge < -0.3 is 19.4 Å². The first-order valence-corrected chi connectivity index (χ1v) is 9.08. The van der Waals surface area contributed by atoms with Crippen LogP contribution in [0.15, 0.2) is 39.7 Å². The Morgan fingerprint density at radius 2 is 2.04 bits per heavy atom. The fraction of sp³-hybridized carbons (Fsp3) is 0.526. The number of nitrogens with one attached hydrogen (secondary N) is 1. The van der Waals surface area contributed by atoms with Crippen LogP contribution in [-0.2, 0) is 11.3 Å². The van der Waals surface area contributed by atoms with Crippen molar-refractivity contribution in [2.24, 2.45) is 4.99 Å². The van der Waals surface area contributed by atoms with E-state index < -0.39 is 0 Å². The summed E-state index contributed by atoms with van der Waals surface area (Å²) in [6.45, 7) is 6.53.